The van der Waals surface area contributed by atoms with Crippen LogP contribution in [-0.2, 0) is 16.1 Å². The SMILES string of the molecule is COCC1CCC2(C)C(CCC3C2CCC2(C)C(C(=O)Cn4cc([N+](=O)[O-])cn4)CCC32)C1. The summed E-state index contributed by atoms with van der Waals surface area (Å²) in [4.78, 5) is 23.9. The van der Waals surface area contributed by atoms with E-state index in [1.54, 1.807) is 0 Å². The van der Waals surface area contributed by atoms with E-state index in [1.165, 1.54) is 55.6 Å². The van der Waals surface area contributed by atoms with Crippen molar-refractivity contribution in [3.8, 4) is 0 Å². The topological polar surface area (TPSA) is 87.3 Å². The van der Waals surface area contributed by atoms with Gasteiger partial charge in [-0.2, -0.15) is 5.10 Å². The van der Waals surface area contributed by atoms with Crippen LogP contribution in [0, 0.1) is 56.5 Å². The number of carbonyl (C=O) groups excluding carboxylic acids is 1. The minimum absolute atomic E-state index is 0.0506. The molecule has 1 heterocycles. The fourth-order valence-electron chi connectivity index (χ4n) is 9.07. The summed E-state index contributed by atoms with van der Waals surface area (Å²) in [7, 11) is 1.83. The first-order valence-corrected chi connectivity index (χ1v) is 12.9. The molecule has 1 aromatic rings. The number of Topliss-reactive ketones (excluding diaryl/α,β-unsaturated/α-hetero) is 1. The van der Waals surface area contributed by atoms with Crippen LogP contribution >= 0.6 is 0 Å². The maximum atomic E-state index is 13.4. The van der Waals surface area contributed by atoms with E-state index in [1.807, 2.05) is 7.11 Å². The minimum atomic E-state index is -0.457. The van der Waals surface area contributed by atoms with E-state index in [4.69, 9.17) is 4.74 Å². The van der Waals surface area contributed by atoms with Crippen molar-refractivity contribution in [1.29, 1.82) is 0 Å². The Hall–Kier alpha value is -1.76. The van der Waals surface area contributed by atoms with Gasteiger partial charge in [0.1, 0.15) is 18.9 Å². The molecule has 1 aromatic heterocycles. The van der Waals surface area contributed by atoms with Gasteiger partial charge in [-0.15, -0.1) is 0 Å². The molecular weight excluding hydrogens is 418 g/mol. The number of carbonyl (C=O) groups is 1. The molecule has 8 atom stereocenters. The molecule has 0 amide bonds. The summed E-state index contributed by atoms with van der Waals surface area (Å²) < 4.78 is 6.94. The second-order valence-corrected chi connectivity index (χ2v) is 12.0. The maximum Gasteiger partial charge on any atom is 0.307 e. The normalized spacial score (nSPS) is 42.3. The van der Waals surface area contributed by atoms with Crippen molar-refractivity contribution in [2.75, 3.05) is 13.7 Å². The monoisotopic (exact) mass is 457 g/mol. The van der Waals surface area contributed by atoms with E-state index in [0.717, 1.165) is 49.5 Å². The van der Waals surface area contributed by atoms with Crippen LogP contribution in [0.2, 0.25) is 0 Å². The molecule has 0 aromatic carbocycles. The highest BCUT2D eigenvalue weighted by atomic mass is 16.6. The molecule has 182 valence electrons. The van der Waals surface area contributed by atoms with Gasteiger partial charge < -0.3 is 4.74 Å². The molecule has 4 fully saturated rings. The van der Waals surface area contributed by atoms with Gasteiger partial charge in [-0.25, -0.2) is 0 Å². The van der Waals surface area contributed by atoms with Gasteiger partial charge in [0.05, 0.1) is 4.92 Å². The Morgan fingerprint density at radius 2 is 1.91 bits per heavy atom. The zero-order chi connectivity index (χ0) is 23.4. The van der Waals surface area contributed by atoms with Crippen LogP contribution in [-0.4, -0.2) is 34.2 Å². The van der Waals surface area contributed by atoms with Gasteiger partial charge in [-0.1, -0.05) is 13.8 Å². The molecule has 0 spiro atoms. The van der Waals surface area contributed by atoms with Crippen molar-refractivity contribution in [2.45, 2.75) is 78.2 Å². The van der Waals surface area contributed by atoms with E-state index in [-0.39, 0.29) is 29.3 Å². The largest absolute Gasteiger partial charge is 0.384 e. The number of rotatable bonds is 6. The van der Waals surface area contributed by atoms with Crippen LogP contribution in [0.3, 0.4) is 0 Å². The third kappa shape index (κ3) is 3.75. The van der Waals surface area contributed by atoms with Crippen LogP contribution in [0.15, 0.2) is 12.4 Å². The zero-order valence-electron chi connectivity index (χ0n) is 20.4. The van der Waals surface area contributed by atoms with E-state index in [2.05, 4.69) is 18.9 Å². The Balaban J connectivity index is 1.30. The van der Waals surface area contributed by atoms with Gasteiger partial charge in [0.2, 0.25) is 0 Å². The van der Waals surface area contributed by atoms with Crippen LogP contribution in [0.4, 0.5) is 5.69 Å². The minimum Gasteiger partial charge on any atom is -0.384 e. The number of aromatic nitrogens is 2. The summed E-state index contributed by atoms with van der Waals surface area (Å²) in [6.45, 7) is 6.02. The molecule has 4 aliphatic rings. The molecule has 0 bridgehead atoms. The first kappa shape index (κ1) is 23.0. The lowest BCUT2D eigenvalue weighted by atomic mass is 9.44. The smallest absolute Gasteiger partial charge is 0.307 e. The van der Waals surface area contributed by atoms with Crippen molar-refractivity contribution in [3.05, 3.63) is 22.5 Å². The van der Waals surface area contributed by atoms with Crippen LogP contribution in [0.25, 0.3) is 0 Å². The van der Waals surface area contributed by atoms with Gasteiger partial charge in [0.15, 0.2) is 5.78 Å². The molecule has 33 heavy (non-hydrogen) atoms. The van der Waals surface area contributed by atoms with Crippen LogP contribution in [0.5, 0.6) is 0 Å². The van der Waals surface area contributed by atoms with Gasteiger partial charge in [-0.3, -0.25) is 19.6 Å². The molecule has 0 N–H and O–H groups in total. The number of nitrogens with zero attached hydrogens (tertiary/aromatic N) is 3. The number of hydrogen-bond acceptors (Lipinski definition) is 5. The lowest BCUT2D eigenvalue weighted by Crippen LogP contribution is -2.54. The Morgan fingerprint density at radius 3 is 2.64 bits per heavy atom. The van der Waals surface area contributed by atoms with Gasteiger partial charge in [-0.05, 0) is 98.2 Å². The molecule has 4 aliphatic carbocycles. The molecule has 4 saturated carbocycles. The average molecular weight is 458 g/mol. The second kappa shape index (κ2) is 8.47. The third-order valence-electron chi connectivity index (χ3n) is 10.7. The lowest BCUT2D eigenvalue weighted by molar-refractivity contribution is -0.385. The summed E-state index contributed by atoms with van der Waals surface area (Å²) >= 11 is 0. The fraction of sp³-hybridized carbons (Fsp3) is 0.846. The Labute approximate surface area is 196 Å². The molecule has 0 saturated heterocycles. The standard InChI is InChI=1S/C26H39N3O4/c1-25-10-8-17(16-33-3)12-18(25)4-5-20-21-6-7-23(26(21,2)11-9-22(20)25)24(30)15-28-14-19(13-27-28)29(31)32/h13-14,17-18,20-23H,4-12,15-16H2,1-3H3. The molecule has 8 unspecified atom stereocenters. The number of fused-ring (bicyclic) bond motifs is 5. The van der Waals surface area contributed by atoms with Crippen molar-refractivity contribution in [3.63, 3.8) is 0 Å². The second-order valence-electron chi connectivity index (χ2n) is 12.0. The van der Waals surface area contributed by atoms with Crippen LogP contribution < -0.4 is 0 Å². The van der Waals surface area contributed by atoms with E-state index < -0.39 is 4.92 Å². The first-order valence-electron chi connectivity index (χ1n) is 12.9. The van der Waals surface area contributed by atoms with E-state index in [9.17, 15) is 14.9 Å². The summed E-state index contributed by atoms with van der Waals surface area (Å²) in [5.41, 5.74) is 0.460. The van der Waals surface area contributed by atoms with Crippen molar-refractivity contribution in [1.82, 2.24) is 9.78 Å². The Bertz CT molecular complexity index is 915. The number of ketones is 1. The molecule has 7 heteroatoms. The van der Waals surface area contributed by atoms with Gasteiger partial charge in [0.25, 0.3) is 0 Å². The van der Waals surface area contributed by atoms with Crippen molar-refractivity contribution >= 4 is 11.5 Å². The predicted molar refractivity (Wildman–Crippen MR) is 124 cm³/mol. The van der Waals surface area contributed by atoms with Crippen molar-refractivity contribution in [2.24, 2.45) is 46.3 Å². The molecule has 0 radical (unpaired) electrons. The average Bonchev–Trinajstić information content (AvgIpc) is 3.38. The summed E-state index contributed by atoms with van der Waals surface area (Å²) in [5.74, 6) is 3.97. The molecule has 0 aliphatic heterocycles. The van der Waals surface area contributed by atoms with Gasteiger partial charge >= 0.3 is 5.69 Å². The van der Waals surface area contributed by atoms with Gasteiger partial charge in [0, 0.05) is 19.6 Å². The molecule has 5 rings (SSSR count). The summed E-state index contributed by atoms with van der Waals surface area (Å²) in [6, 6.07) is 0. The summed E-state index contributed by atoms with van der Waals surface area (Å²) in [6.07, 6.45) is 13.7. The predicted octanol–water partition coefficient (Wildman–Crippen LogP) is 5.28. The molecular formula is C26H39N3O4. The fourth-order valence-corrected chi connectivity index (χ4v) is 9.07. The lowest BCUT2D eigenvalue weighted by Gasteiger charge is -2.61. The highest BCUT2D eigenvalue weighted by Crippen LogP contribution is 2.67. The summed E-state index contributed by atoms with van der Waals surface area (Å²) in [5, 5.41) is 15.0. The quantitative estimate of drug-likeness (QED) is 0.428. The van der Waals surface area contributed by atoms with E-state index in [0.29, 0.717) is 11.3 Å². The highest BCUT2D eigenvalue weighted by molar-refractivity contribution is 5.82. The first-order chi connectivity index (χ1) is 15.8. The zero-order valence-corrected chi connectivity index (χ0v) is 20.4. The van der Waals surface area contributed by atoms with Crippen molar-refractivity contribution < 1.29 is 14.5 Å². The number of methoxy groups -OCH3 is 1. The number of nitro groups is 1. The third-order valence-corrected chi connectivity index (χ3v) is 10.7. The van der Waals surface area contributed by atoms with E-state index >= 15 is 0 Å². The Kier molecular flexibility index (Phi) is 5.91. The highest BCUT2D eigenvalue weighted by Gasteiger charge is 2.61. The van der Waals surface area contributed by atoms with Crippen LogP contribution in [0.1, 0.15) is 71.6 Å². The number of hydrogen-bond donors (Lipinski definition) is 0. The Morgan fingerprint density at radius 1 is 1.15 bits per heavy atom. The number of ether oxygens (including phenoxy) is 1. The molecule has 7 nitrogen and oxygen atoms in total. The maximum absolute atomic E-state index is 13.4.